The number of unbranched alkanes of at least 4 members (excludes halogenated alkanes) is 1. The molecule has 3 rings (SSSR count). The van der Waals surface area contributed by atoms with Gasteiger partial charge in [0.25, 0.3) is 0 Å². The number of amides is 1. The maximum atomic E-state index is 12.1. The summed E-state index contributed by atoms with van der Waals surface area (Å²) in [6.07, 6.45) is 3.43. The second kappa shape index (κ2) is 10.7. The molecule has 0 aliphatic rings. The van der Waals surface area contributed by atoms with E-state index in [2.05, 4.69) is 22.4 Å². The molecule has 0 spiro atoms. The lowest BCUT2D eigenvalue weighted by molar-refractivity contribution is -0.118. The molecular formula is C22H26N4O2S. The molecule has 0 radical (unpaired) electrons. The minimum atomic E-state index is -0.00657. The smallest absolute Gasteiger partial charge is 0.230 e. The molecule has 152 valence electrons. The van der Waals surface area contributed by atoms with Gasteiger partial charge < -0.3 is 10.1 Å². The minimum Gasteiger partial charge on any atom is -0.494 e. The van der Waals surface area contributed by atoms with Crippen LogP contribution in [0.25, 0.3) is 5.69 Å². The number of nitrogens with zero attached hydrogens (tertiary/aromatic N) is 3. The second-order valence-corrected chi connectivity index (χ2v) is 7.77. The molecule has 0 aliphatic heterocycles. The largest absolute Gasteiger partial charge is 0.494 e. The van der Waals surface area contributed by atoms with Crippen molar-refractivity contribution in [3.05, 3.63) is 66.0 Å². The minimum absolute atomic E-state index is 0.00657. The van der Waals surface area contributed by atoms with Gasteiger partial charge in [0.2, 0.25) is 5.91 Å². The van der Waals surface area contributed by atoms with Crippen LogP contribution in [0.4, 0.5) is 0 Å². The Bertz CT molecular complexity index is 907. The molecule has 1 heterocycles. The van der Waals surface area contributed by atoms with E-state index in [0.29, 0.717) is 24.1 Å². The molecule has 1 N–H and O–H groups in total. The Kier molecular flexibility index (Phi) is 7.69. The predicted octanol–water partition coefficient (Wildman–Crippen LogP) is 3.95. The highest BCUT2D eigenvalue weighted by Crippen LogP contribution is 2.19. The van der Waals surface area contributed by atoms with Gasteiger partial charge in [-0.15, -0.1) is 10.2 Å². The fourth-order valence-corrected chi connectivity index (χ4v) is 3.42. The third-order valence-electron chi connectivity index (χ3n) is 4.34. The van der Waals surface area contributed by atoms with Crippen molar-refractivity contribution in [3.63, 3.8) is 0 Å². The first-order valence-electron chi connectivity index (χ1n) is 9.68. The standard InChI is InChI=1S/C22H26N4O2S/c1-17-5-9-19(10-6-17)26-16-24-25-22(26)29-15-21(27)23-13-3-4-14-28-20-11-7-18(2)8-12-20/h5-12,16H,3-4,13-15H2,1-2H3,(H,23,27). The van der Waals surface area contributed by atoms with E-state index in [1.54, 1.807) is 6.33 Å². The van der Waals surface area contributed by atoms with Crippen LogP contribution in [0.15, 0.2) is 60.0 Å². The Morgan fingerprint density at radius 2 is 1.72 bits per heavy atom. The number of aryl methyl sites for hydroxylation is 2. The Balaban J connectivity index is 1.33. The van der Waals surface area contributed by atoms with E-state index in [0.717, 1.165) is 24.3 Å². The molecule has 1 amide bonds. The molecular weight excluding hydrogens is 384 g/mol. The highest BCUT2D eigenvalue weighted by Gasteiger charge is 2.10. The zero-order valence-electron chi connectivity index (χ0n) is 16.8. The van der Waals surface area contributed by atoms with Crippen LogP contribution in [0, 0.1) is 13.8 Å². The van der Waals surface area contributed by atoms with Crippen LogP contribution in [0.1, 0.15) is 24.0 Å². The van der Waals surface area contributed by atoms with Gasteiger partial charge in [0, 0.05) is 12.2 Å². The van der Waals surface area contributed by atoms with E-state index >= 15 is 0 Å². The molecule has 7 heteroatoms. The van der Waals surface area contributed by atoms with Crippen LogP contribution >= 0.6 is 11.8 Å². The number of carbonyl (C=O) groups is 1. The van der Waals surface area contributed by atoms with Crippen molar-refractivity contribution in [2.45, 2.75) is 31.8 Å². The molecule has 0 bridgehead atoms. The molecule has 6 nitrogen and oxygen atoms in total. The van der Waals surface area contributed by atoms with Crippen molar-refractivity contribution < 1.29 is 9.53 Å². The third kappa shape index (κ3) is 6.64. The Morgan fingerprint density at radius 3 is 2.45 bits per heavy atom. The average Bonchev–Trinajstić information content (AvgIpc) is 3.19. The summed E-state index contributed by atoms with van der Waals surface area (Å²) in [5.41, 5.74) is 3.40. The number of aromatic nitrogens is 3. The van der Waals surface area contributed by atoms with Crippen molar-refractivity contribution >= 4 is 17.7 Å². The maximum Gasteiger partial charge on any atom is 0.230 e. The fraction of sp³-hybridized carbons (Fsp3) is 0.318. The van der Waals surface area contributed by atoms with Crippen LogP contribution in [0.2, 0.25) is 0 Å². The highest BCUT2D eigenvalue weighted by atomic mass is 32.2. The lowest BCUT2D eigenvalue weighted by Crippen LogP contribution is -2.26. The molecule has 0 aliphatic carbocycles. The number of hydrogen-bond acceptors (Lipinski definition) is 5. The number of carbonyl (C=O) groups excluding carboxylic acids is 1. The van der Waals surface area contributed by atoms with Crippen LogP contribution in [-0.2, 0) is 4.79 Å². The van der Waals surface area contributed by atoms with E-state index in [9.17, 15) is 4.79 Å². The maximum absolute atomic E-state index is 12.1. The summed E-state index contributed by atoms with van der Waals surface area (Å²) in [4.78, 5) is 12.1. The summed E-state index contributed by atoms with van der Waals surface area (Å²) in [5.74, 6) is 1.19. The molecule has 29 heavy (non-hydrogen) atoms. The van der Waals surface area contributed by atoms with E-state index in [1.165, 1.54) is 22.9 Å². The molecule has 0 saturated heterocycles. The zero-order chi connectivity index (χ0) is 20.5. The number of thioether (sulfide) groups is 1. The van der Waals surface area contributed by atoms with Crippen molar-refractivity contribution in [1.82, 2.24) is 20.1 Å². The van der Waals surface area contributed by atoms with Crippen molar-refractivity contribution in [1.29, 1.82) is 0 Å². The number of hydrogen-bond donors (Lipinski definition) is 1. The Morgan fingerprint density at radius 1 is 1.03 bits per heavy atom. The van der Waals surface area contributed by atoms with Gasteiger partial charge in [-0.05, 0) is 51.0 Å². The summed E-state index contributed by atoms with van der Waals surface area (Å²) < 4.78 is 7.58. The molecule has 1 aromatic heterocycles. The third-order valence-corrected chi connectivity index (χ3v) is 5.29. The first-order chi connectivity index (χ1) is 14.1. The number of benzene rings is 2. The van der Waals surface area contributed by atoms with E-state index in [4.69, 9.17) is 4.74 Å². The molecule has 0 unspecified atom stereocenters. The van der Waals surface area contributed by atoms with E-state index < -0.39 is 0 Å². The summed E-state index contributed by atoms with van der Waals surface area (Å²) in [7, 11) is 0. The number of ether oxygens (including phenoxy) is 1. The molecule has 3 aromatic rings. The Labute approximate surface area is 175 Å². The summed E-state index contributed by atoms with van der Waals surface area (Å²) in [6, 6.07) is 16.1. The van der Waals surface area contributed by atoms with Gasteiger partial charge in [0.1, 0.15) is 12.1 Å². The average molecular weight is 411 g/mol. The van der Waals surface area contributed by atoms with Crippen LogP contribution in [-0.4, -0.2) is 39.6 Å². The zero-order valence-corrected chi connectivity index (χ0v) is 17.6. The second-order valence-electron chi connectivity index (χ2n) is 6.83. The van der Waals surface area contributed by atoms with Gasteiger partial charge in [0.15, 0.2) is 5.16 Å². The summed E-state index contributed by atoms with van der Waals surface area (Å²) >= 11 is 1.38. The van der Waals surface area contributed by atoms with Crippen LogP contribution < -0.4 is 10.1 Å². The first kappa shape index (κ1) is 20.9. The Hall–Kier alpha value is -2.80. The summed E-state index contributed by atoms with van der Waals surface area (Å²) in [5, 5.41) is 11.7. The monoisotopic (exact) mass is 410 g/mol. The van der Waals surface area contributed by atoms with E-state index in [1.807, 2.05) is 60.0 Å². The molecule has 2 aromatic carbocycles. The van der Waals surface area contributed by atoms with E-state index in [-0.39, 0.29) is 5.91 Å². The molecule has 0 saturated carbocycles. The summed E-state index contributed by atoms with van der Waals surface area (Å²) in [6.45, 7) is 5.39. The van der Waals surface area contributed by atoms with Crippen molar-refractivity contribution in [2.75, 3.05) is 18.9 Å². The van der Waals surface area contributed by atoms with Crippen molar-refractivity contribution in [3.8, 4) is 11.4 Å². The predicted molar refractivity (Wildman–Crippen MR) is 116 cm³/mol. The van der Waals surface area contributed by atoms with Gasteiger partial charge in [0.05, 0.1) is 12.4 Å². The SMILES string of the molecule is Cc1ccc(OCCCCNC(=O)CSc2nncn2-c2ccc(C)cc2)cc1. The normalized spacial score (nSPS) is 10.7. The van der Waals surface area contributed by atoms with Gasteiger partial charge in [-0.3, -0.25) is 9.36 Å². The lowest BCUT2D eigenvalue weighted by atomic mass is 10.2. The van der Waals surface area contributed by atoms with Crippen LogP contribution in [0.3, 0.4) is 0 Å². The van der Waals surface area contributed by atoms with Crippen molar-refractivity contribution in [2.24, 2.45) is 0 Å². The lowest BCUT2D eigenvalue weighted by Gasteiger charge is -2.08. The van der Waals surface area contributed by atoms with Crippen LogP contribution in [0.5, 0.6) is 5.75 Å². The molecule has 0 fully saturated rings. The number of nitrogens with one attached hydrogen (secondary N) is 1. The highest BCUT2D eigenvalue weighted by molar-refractivity contribution is 7.99. The quantitative estimate of drug-likeness (QED) is 0.405. The fourth-order valence-electron chi connectivity index (χ4n) is 2.67. The topological polar surface area (TPSA) is 69.0 Å². The van der Waals surface area contributed by atoms with Gasteiger partial charge in [-0.1, -0.05) is 47.2 Å². The number of rotatable bonds is 10. The molecule has 0 atom stereocenters. The van der Waals surface area contributed by atoms with Gasteiger partial charge in [-0.2, -0.15) is 0 Å². The first-order valence-corrected chi connectivity index (χ1v) is 10.7. The van der Waals surface area contributed by atoms with Gasteiger partial charge in [-0.25, -0.2) is 0 Å². The van der Waals surface area contributed by atoms with Gasteiger partial charge >= 0.3 is 0 Å².